The first-order valence-corrected chi connectivity index (χ1v) is 5.50. The Labute approximate surface area is 105 Å². The third kappa shape index (κ3) is 2.96. The lowest BCUT2D eigenvalue weighted by Crippen LogP contribution is -2.00. The van der Waals surface area contributed by atoms with Gasteiger partial charge >= 0.3 is 0 Å². The zero-order chi connectivity index (χ0) is 12.1. The molecule has 4 heteroatoms. The molecule has 0 amide bonds. The number of nitriles is 1. The molecule has 84 valence electrons. The minimum atomic E-state index is 0.587. The molecule has 0 saturated carbocycles. The van der Waals surface area contributed by atoms with Crippen LogP contribution in [-0.2, 0) is 6.54 Å². The fourth-order valence-electron chi connectivity index (χ4n) is 1.47. The number of nitrogens with one attached hydrogen (secondary N) is 1. The van der Waals surface area contributed by atoms with Crippen LogP contribution >= 0.6 is 11.6 Å². The van der Waals surface area contributed by atoms with Crippen molar-refractivity contribution in [2.24, 2.45) is 0 Å². The van der Waals surface area contributed by atoms with E-state index in [1.165, 1.54) is 0 Å². The van der Waals surface area contributed by atoms with Gasteiger partial charge in [0.05, 0.1) is 22.3 Å². The first-order chi connectivity index (χ1) is 8.29. The summed E-state index contributed by atoms with van der Waals surface area (Å²) in [4.78, 5) is 3.91. The Kier molecular flexibility index (Phi) is 3.59. The van der Waals surface area contributed by atoms with E-state index in [0.29, 0.717) is 17.1 Å². The predicted octanol–water partition coefficient (Wildman–Crippen LogP) is 3.22. The second kappa shape index (κ2) is 5.33. The van der Waals surface area contributed by atoms with E-state index >= 15 is 0 Å². The standard InChI is InChI=1S/C13H10ClN3/c14-12-9-16-5-4-13(12)17-8-11-3-1-2-10(6-11)7-15/h1-6,9H,8H2,(H,16,17). The number of benzene rings is 1. The summed E-state index contributed by atoms with van der Waals surface area (Å²) in [5.74, 6) is 0. The van der Waals surface area contributed by atoms with Crippen molar-refractivity contribution < 1.29 is 0 Å². The van der Waals surface area contributed by atoms with Gasteiger partial charge in [0, 0.05) is 18.9 Å². The van der Waals surface area contributed by atoms with Gasteiger partial charge in [0.1, 0.15) is 0 Å². The summed E-state index contributed by atoms with van der Waals surface area (Å²) in [5.41, 5.74) is 2.53. The number of nitrogens with zero attached hydrogens (tertiary/aromatic N) is 2. The maximum Gasteiger partial charge on any atom is 0.0991 e. The van der Waals surface area contributed by atoms with Gasteiger partial charge in [-0.05, 0) is 23.8 Å². The van der Waals surface area contributed by atoms with Gasteiger partial charge in [-0.3, -0.25) is 4.98 Å². The molecule has 1 aromatic carbocycles. The van der Waals surface area contributed by atoms with Crippen LogP contribution in [0.5, 0.6) is 0 Å². The number of aromatic nitrogens is 1. The Morgan fingerprint density at radius 1 is 1.35 bits per heavy atom. The molecular weight excluding hydrogens is 234 g/mol. The average Bonchev–Trinajstić information content (AvgIpc) is 2.38. The molecule has 2 rings (SSSR count). The molecule has 0 unspecified atom stereocenters. The number of hydrogen-bond donors (Lipinski definition) is 1. The Morgan fingerprint density at radius 2 is 2.24 bits per heavy atom. The zero-order valence-electron chi connectivity index (χ0n) is 9.02. The van der Waals surface area contributed by atoms with Gasteiger partial charge in [0.15, 0.2) is 0 Å². The van der Waals surface area contributed by atoms with E-state index < -0.39 is 0 Å². The molecule has 17 heavy (non-hydrogen) atoms. The fraction of sp³-hybridized carbons (Fsp3) is 0.0769. The van der Waals surface area contributed by atoms with Crippen molar-refractivity contribution in [2.75, 3.05) is 5.32 Å². The lowest BCUT2D eigenvalue weighted by atomic mass is 10.1. The van der Waals surface area contributed by atoms with Crippen molar-refractivity contribution >= 4 is 17.3 Å². The van der Waals surface area contributed by atoms with Gasteiger partial charge in [0.25, 0.3) is 0 Å². The number of rotatable bonds is 3. The summed E-state index contributed by atoms with van der Waals surface area (Å²) < 4.78 is 0. The van der Waals surface area contributed by atoms with Gasteiger partial charge in [-0.1, -0.05) is 23.7 Å². The molecule has 0 bridgehead atoms. The van der Waals surface area contributed by atoms with Crippen molar-refractivity contribution in [3.63, 3.8) is 0 Å². The van der Waals surface area contributed by atoms with E-state index in [1.54, 1.807) is 18.5 Å². The average molecular weight is 244 g/mol. The number of pyridine rings is 1. The van der Waals surface area contributed by atoms with E-state index in [-0.39, 0.29) is 0 Å². The molecule has 1 heterocycles. The number of halogens is 1. The fourth-order valence-corrected chi connectivity index (χ4v) is 1.65. The lowest BCUT2D eigenvalue weighted by Gasteiger charge is -2.07. The summed E-state index contributed by atoms with van der Waals surface area (Å²) in [6.45, 7) is 0.624. The summed E-state index contributed by atoms with van der Waals surface area (Å²) >= 11 is 5.97. The highest BCUT2D eigenvalue weighted by atomic mass is 35.5. The van der Waals surface area contributed by atoms with Crippen molar-refractivity contribution in [1.29, 1.82) is 5.26 Å². The highest BCUT2D eigenvalue weighted by Crippen LogP contribution is 2.19. The van der Waals surface area contributed by atoms with E-state index in [1.807, 2.05) is 24.3 Å². The normalized spacial score (nSPS) is 9.65. The van der Waals surface area contributed by atoms with Gasteiger partial charge in [-0.15, -0.1) is 0 Å². The first kappa shape index (κ1) is 11.4. The second-order valence-corrected chi connectivity index (χ2v) is 3.93. The van der Waals surface area contributed by atoms with Gasteiger partial charge in [-0.25, -0.2) is 0 Å². The van der Waals surface area contributed by atoms with Crippen LogP contribution in [0.4, 0.5) is 5.69 Å². The minimum absolute atomic E-state index is 0.587. The molecule has 0 radical (unpaired) electrons. The third-order valence-electron chi connectivity index (χ3n) is 2.31. The number of anilines is 1. The molecule has 3 nitrogen and oxygen atoms in total. The monoisotopic (exact) mass is 243 g/mol. The minimum Gasteiger partial charge on any atom is -0.380 e. The largest absolute Gasteiger partial charge is 0.380 e. The molecule has 0 saturated heterocycles. The zero-order valence-corrected chi connectivity index (χ0v) is 9.78. The lowest BCUT2D eigenvalue weighted by molar-refractivity contribution is 1.14. The number of hydrogen-bond acceptors (Lipinski definition) is 3. The van der Waals surface area contributed by atoms with Crippen LogP contribution in [0, 0.1) is 11.3 Å². The first-order valence-electron chi connectivity index (χ1n) is 5.12. The highest BCUT2D eigenvalue weighted by Gasteiger charge is 1.99. The van der Waals surface area contributed by atoms with Gasteiger partial charge in [-0.2, -0.15) is 5.26 Å². The highest BCUT2D eigenvalue weighted by molar-refractivity contribution is 6.33. The van der Waals surface area contributed by atoms with Crippen LogP contribution in [0.15, 0.2) is 42.7 Å². The van der Waals surface area contributed by atoms with Crippen molar-refractivity contribution in [2.45, 2.75) is 6.54 Å². The van der Waals surface area contributed by atoms with E-state index in [9.17, 15) is 0 Å². The van der Waals surface area contributed by atoms with Crippen LogP contribution in [0.25, 0.3) is 0 Å². The Morgan fingerprint density at radius 3 is 3.00 bits per heavy atom. The Balaban J connectivity index is 2.08. The molecule has 0 spiro atoms. The quantitative estimate of drug-likeness (QED) is 0.901. The topological polar surface area (TPSA) is 48.7 Å². The third-order valence-corrected chi connectivity index (χ3v) is 2.61. The molecule has 0 fully saturated rings. The summed E-state index contributed by atoms with van der Waals surface area (Å²) in [5, 5.41) is 12.6. The SMILES string of the molecule is N#Cc1cccc(CNc2ccncc2Cl)c1. The maximum atomic E-state index is 8.79. The van der Waals surface area contributed by atoms with E-state index in [0.717, 1.165) is 11.3 Å². The van der Waals surface area contributed by atoms with Crippen molar-refractivity contribution in [3.8, 4) is 6.07 Å². The van der Waals surface area contributed by atoms with Crippen molar-refractivity contribution in [1.82, 2.24) is 4.98 Å². The summed E-state index contributed by atoms with van der Waals surface area (Å²) in [6.07, 6.45) is 3.27. The Hall–Kier alpha value is -2.05. The maximum absolute atomic E-state index is 8.79. The summed E-state index contributed by atoms with van der Waals surface area (Å²) in [7, 11) is 0. The van der Waals surface area contributed by atoms with Crippen LogP contribution in [0.2, 0.25) is 5.02 Å². The predicted molar refractivity (Wildman–Crippen MR) is 67.7 cm³/mol. The van der Waals surface area contributed by atoms with E-state index in [4.69, 9.17) is 16.9 Å². The smallest absolute Gasteiger partial charge is 0.0991 e. The molecule has 0 aliphatic rings. The van der Waals surface area contributed by atoms with Crippen LogP contribution in [0.1, 0.15) is 11.1 Å². The summed E-state index contributed by atoms with van der Waals surface area (Å²) in [6, 6.07) is 11.4. The van der Waals surface area contributed by atoms with Gasteiger partial charge in [0.2, 0.25) is 0 Å². The second-order valence-electron chi connectivity index (χ2n) is 3.52. The van der Waals surface area contributed by atoms with Crippen molar-refractivity contribution in [3.05, 3.63) is 58.9 Å². The van der Waals surface area contributed by atoms with Crippen LogP contribution < -0.4 is 5.32 Å². The Bertz CT molecular complexity index is 561. The molecule has 2 aromatic rings. The molecular formula is C13H10ClN3. The van der Waals surface area contributed by atoms with Crippen LogP contribution in [-0.4, -0.2) is 4.98 Å². The molecule has 1 aromatic heterocycles. The van der Waals surface area contributed by atoms with Crippen LogP contribution in [0.3, 0.4) is 0 Å². The van der Waals surface area contributed by atoms with Gasteiger partial charge < -0.3 is 5.32 Å². The molecule has 0 aliphatic heterocycles. The molecule has 0 aliphatic carbocycles. The molecule has 0 atom stereocenters. The molecule has 1 N–H and O–H groups in total. The van der Waals surface area contributed by atoms with E-state index in [2.05, 4.69) is 16.4 Å².